The first-order chi connectivity index (χ1) is 9.20. The van der Waals surface area contributed by atoms with E-state index in [1.54, 1.807) is 7.11 Å². The van der Waals surface area contributed by atoms with Crippen LogP contribution in [0.2, 0.25) is 0 Å². The maximum Gasteiger partial charge on any atom is 0.123 e. The number of para-hydroxylation sites is 1. The molecule has 0 amide bonds. The van der Waals surface area contributed by atoms with Crippen LogP contribution in [0.4, 0.5) is 0 Å². The molecule has 0 fully saturated rings. The van der Waals surface area contributed by atoms with Gasteiger partial charge >= 0.3 is 0 Å². The highest BCUT2D eigenvalue weighted by atomic mass is 127. The zero-order valence-electron chi connectivity index (χ0n) is 11.2. The molecule has 2 rings (SSSR count). The van der Waals surface area contributed by atoms with E-state index >= 15 is 0 Å². The smallest absolute Gasteiger partial charge is 0.123 e. The summed E-state index contributed by atoms with van der Waals surface area (Å²) < 4.78 is 6.66. The van der Waals surface area contributed by atoms with Crippen molar-refractivity contribution in [3.8, 4) is 5.75 Å². The summed E-state index contributed by atoms with van der Waals surface area (Å²) in [6.45, 7) is 3.01. The monoisotopic (exact) mass is 367 g/mol. The van der Waals surface area contributed by atoms with Gasteiger partial charge in [0.25, 0.3) is 0 Å². The average molecular weight is 367 g/mol. The fourth-order valence-corrected chi connectivity index (χ4v) is 2.37. The molecule has 0 radical (unpaired) electrons. The summed E-state index contributed by atoms with van der Waals surface area (Å²) in [7, 11) is 1.71. The van der Waals surface area contributed by atoms with Gasteiger partial charge in [0, 0.05) is 21.7 Å². The number of methoxy groups -OCH3 is 1. The predicted molar refractivity (Wildman–Crippen MR) is 87.4 cm³/mol. The number of rotatable bonds is 5. The van der Waals surface area contributed by atoms with Crippen LogP contribution >= 0.6 is 22.6 Å². The molecule has 1 N–H and O–H groups in total. The maximum atomic E-state index is 5.39. The van der Waals surface area contributed by atoms with Crippen LogP contribution in [0.5, 0.6) is 5.75 Å². The summed E-state index contributed by atoms with van der Waals surface area (Å²) in [5.41, 5.74) is 2.48. The van der Waals surface area contributed by atoms with Gasteiger partial charge in [-0.15, -0.1) is 0 Å². The highest BCUT2D eigenvalue weighted by molar-refractivity contribution is 14.1. The van der Waals surface area contributed by atoms with Crippen molar-refractivity contribution in [3.63, 3.8) is 0 Å². The van der Waals surface area contributed by atoms with Crippen LogP contribution in [0.1, 0.15) is 24.1 Å². The zero-order valence-corrected chi connectivity index (χ0v) is 13.3. The summed E-state index contributed by atoms with van der Waals surface area (Å²) >= 11 is 2.32. The summed E-state index contributed by atoms with van der Waals surface area (Å²) in [5, 5.41) is 3.53. The van der Waals surface area contributed by atoms with Crippen molar-refractivity contribution in [1.29, 1.82) is 0 Å². The molecule has 0 heterocycles. The molecule has 0 bridgehead atoms. The lowest BCUT2D eigenvalue weighted by atomic mass is 10.1. The Labute approximate surface area is 128 Å². The maximum absolute atomic E-state index is 5.39. The van der Waals surface area contributed by atoms with E-state index in [4.69, 9.17) is 4.74 Å². The van der Waals surface area contributed by atoms with Crippen LogP contribution in [0.25, 0.3) is 0 Å². The minimum atomic E-state index is 0.260. The zero-order chi connectivity index (χ0) is 13.7. The van der Waals surface area contributed by atoms with Crippen molar-refractivity contribution < 1.29 is 4.74 Å². The first-order valence-electron chi connectivity index (χ1n) is 6.31. The van der Waals surface area contributed by atoms with Gasteiger partial charge in [0.1, 0.15) is 5.75 Å². The van der Waals surface area contributed by atoms with E-state index in [0.29, 0.717) is 0 Å². The molecule has 0 spiro atoms. The quantitative estimate of drug-likeness (QED) is 0.802. The Hall–Kier alpha value is -1.07. The molecular formula is C16H18INO. The van der Waals surface area contributed by atoms with Gasteiger partial charge < -0.3 is 10.1 Å². The SMILES string of the molecule is COc1ccccc1[C@H](C)NCc1ccc(I)cc1. The van der Waals surface area contributed by atoms with Gasteiger partial charge in [0.2, 0.25) is 0 Å². The van der Waals surface area contributed by atoms with Gasteiger partial charge in [-0.1, -0.05) is 30.3 Å². The van der Waals surface area contributed by atoms with E-state index in [1.807, 2.05) is 18.2 Å². The van der Waals surface area contributed by atoms with E-state index in [9.17, 15) is 0 Å². The van der Waals surface area contributed by atoms with Gasteiger partial charge in [-0.2, -0.15) is 0 Å². The molecule has 1 atom stereocenters. The van der Waals surface area contributed by atoms with Gasteiger partial charge in [0.05, 0.1) is 7.11 Å². The van der Waals surface area contributed by atoms with Crippen LogP contribution in [-0.4, -0.2) is 7.11 Å². The van der Waals surface area contributed by atoms with Crippen LogP contribution in [-0.2, 0) is 6.54 Å². The third kappa shape index (κ3) is 3.94. The van der Waals surface area contributed by atoms with Crippen molar-refractivity contribution in [1.82, 2.24) is 5.32 Å². The molecule has 100 valence electrons. The molecule has 0 aliphatic rings. The Bertz CT molecular complexity index is 525. The largest absolute Gasteiger partial charge is 0.496 e. The summed E-state index contributed by atoms with van der Waals surface area (Å²) in [4.78, 5) is 0. The predicted octanol–water partition coefficient (Wildman–Crippen LogP) is 4.15. The third-order valence-electron chi connectivity index (χ3n) is 3.13. The number of nitrogens with one attached hydrogen (secondary N) is 1. The van der Waals surface area contributed by atoms with Gasteiger partial charge in [-0.05, 0) is 53.3 Å². The van der Waals surface area contributed by atoms with E-state index in [0.717, 1.165) is 12.3 Å². The number of benzene rings is 2. The molecule has 2 nitrogen and oxygen atoms in total. The summed E-state index contributed by atoms with van der Waals surface area (Å²) in [6.07, 6.45) is 0. The minimum absolute atomic E-state index is 0.260. The average Bonchev–Trinajstić information content (AvgIpc) is 2.46. The first-order valence-corrected chi connectivity index (χ1v) is 7.39. The fraction of sp³-hybridized carbons (Fsp3) is 0.250. The number of halogens is 1. The normalized spacial score (nSPS) is 12.2. The Balaban J connectivity index is 2.01. The van der Waals surface area contributed by atoms with Crippen molar-refractivity contribution in [2.75, 3.05) is 7.11 Å². The molecule has 0 aromatic heterocycles. The Morgan fingerprint density at radius 3 is 2.47 bits per heavy atom. The van der Waals surface area contributed by atoms with Gasteiger partial charge in [0.15, 0.2) is 0 Å². The molecule has 2 aromatic carbocycles. The third-order valence-corrected chi connectivity index (χ3v) is 3.85. The lowest BCUT2D eigenvalue weighted by Gasteiger charge is -2.17. The van der Waals surface area contributed by atoms with E-state index in [-0.39, 0.29) is 6.04 Å². The second-order valence-electron chi connectivity index (χ2n) is 4.47. The van der Waals surface area contributed by atoms with Crippen LogP contribution in [0, 0.1) is 3.57 Å². The molecule has 2 aromatic rings. The molecular weight excluding hydrogens is 349 g/mol. The van der Waals surface area contributed by atoms with Crippen LogP contribution in [0.3, 0.4) is 0 Å². The second kappa shape index (κ2) is 6.91. The highest BCUT2D eigenvalue weighted by Crippen LogP contribution is 2.24. The molecule has 0 aliphatic carbocycles. The molecule has 0 saturated carbocycles. The van der Waals surface area contributed by atoms with Crippen molar-refractivity contribution in [3.05, 3.63) is 63.2 Å². The molecule has 0 aliphatic heterocycles. The Kier molecular flexibility index (Phi) is 5.22. The molecule has 19 heavy (non-hydrogen) atoms. The molecule has 0 unspecified atom stereocenters. The lowest BCUT2D eigenvalue weighted by Crippen LogP contribution is -2.18. The standard InChI is InChI=1S/C16H18INO/c1-12(15-5-3-4-6-16(15)19-2)18-11-13-7-9-14(17)10-8-13/h3-10,12,18H,11H2,1-2H3/t12-/m0/s1. The molecule has 0 saturated heterocycles. The van der Waals surface area contributed by atoms with Crippen molar-refractivity contribution >= 4 is 22.6 Å². The Morgan fingerprint density at radius 2 is 1.79 bits per heavy atom. The number of hydrogen-bond donors (Lipinski definition) is 1. The van der Waals surface area contributed by atoms with Crippen molar-refractivity contribution in [2.24, 2.45) is 0 Å². The lowest BCUT2D eigenvalue weighted by molar-refractivity contribution is 0.401. The minimum Gasteiger partial charge on any atom is -0.496 e. The highest BCUT2D eigenvalue weighted by Gasteiger charge is 2.09. The van der Waals surface area contributed by atoms with Crippen LogP contribution in [0.15, 0.2) is 48.5 Å². The Morgan fingerprint density at radius 1 is 1.11 bits per heavy atom. The van der Waals surface area contributed by atoms with Crippen LogP contribution < -0.4 is 10.1 Å². The van der Waals surface area contributed by atoms with E-state index in [1.165, 1.54) is 14.7 Å². The summed E-state index contributed by atoms with van der Waals surface area (Å²) in [6, 6.07) is 17.0. The van der Waals surface area contributed by atoms with Gasteiger partial charge in [-0.3, -0.25) is 0 Å². The summed E-state index contributed by atoms with van der Waals surface area (Å²) in [5.74, 6) is 0.935. The van der Waals surface area contributed by atoms with Gasteiger partial charge in [-0.25, -0.2) is 0 Å². The van der Waals surface area contributed by atoms with E-state index < -0.39 is 0 Å². The fourth-order valence-electron chi connectivity index (χ4n) is 2.01. The van der Waals surface area contributed by atoms with E-state index in [2.05, 4.69) is 65.2 Å². The topological polar surface area (TPSA) is 21.3 Å². The molecule has 3 heteroatoms. The van der Waals surface area contributed by atoms with Crippen molar-refractivity contribution in [2.45, 2.75) is 19.5 Å². The first kappa shape index (κ1) is 14.3. The number of ether oxygens (including phenoxy) is 1. The second-order valence-corrected chi connectivity index (χ2v) is 5.72. The number of hydrogen-bond acceptors (Lipinski definition) is 2.